The average molecular weight is 306 g/mol. The van der Waals surface area contributed by atoms with E-state index in [0.717, 1.165) is 28.8 Å². The molecule has 2 aromatic rings. The first-order chi connectivity index (χ1) is 9.54. The van der Waals surface area contributed by atoms with Crippen molar-refractivity contribution in [2.75, 3.05) is 0 Å². The van der Waals surface area contributed by atoms with E-state index in [9.17, 15) is 0 Å². The zero-order valence-electron chi connectivity index (χ0n) is 11.4. The molecule has 0 saturated carbocycles. The molecule has 0 radical (unpaired) electrons. The van der Waals surface area contributed by atoms with E-state index in [1.54, 1.807) is 0 Å². The largest absolute Gasteiger partial charge is 0.367 e. The van der Waals surface area contributed by atoms with Gasteiger partial charge in [-0.15, -0.1) is 0 Å². The second-order valence-electron chi connectivity index (χ2n) is 4.85. The third-order valence-electron chi connectivity index (χ3n) is 3.06. The van der Waals surface area contributed by atoms with E-state index in [0.29, 0.717) is 0 Å². The smallest absolute Gasteiger partial charge is 0.0430 e. The minimum Gasteiger partial charge on any atom is -0.367 e. The molecule has 0 unspecified atom stereocenters. The van der Waals surface area contributed by atoms with Crippen LogP contribution in [0.5, 0.6) is 0 Å². The van der Waals surface area contributed by atoms with E-state index in [1.165, 1.54) is 11.1 Å². The zero-order chi connectivity index (χ0) is 14.5. The van der Waals surface area contributed by atoms with Crippen LogP contribution in [0.15, 0.2) is 60.8 Å². The summed E-state index contributed by atoms with van der Waals surface area (Å²) in [5, 5.41) is 1.51. The van der Waals surface area contributed by atoms with E-state index >= 15 is 0 Å². The molecule has 0 bridgehead atoms. The highest BCUT2D eigenvalue weighted by Crippen LogP contribution is 2.19. The summed E-state index contributed by atoms with van der Waals surface area (Å²) in [6, 6.07) is 15.8. The van der Waals surface area contributed by atoms with Gasteiger partial charge >= 0.3 is 0 Å². The van der Waals surface area contributed by atoms with Crippen molar-refractivity contribution in [1.82, 2.24) is 4.90 Å². The second-order valence-corrected chi connectivity index (χ2v) is 5.72. The highest BCUT2D eigenvalue weighted by atomic mass is 35.5. The minimum atomic E-state index is 0.756. The van der Waals surface area contributed by atoms with Gasteiger partial charge < -0.3 is 4.90 Å². The van der Waals surface area contributed by atoms with Crippen LogP contribution >= 0.6 is 23.2 Å². The summed E-state index contributed by atoms with van der Waals surface area (Å²) in [6.07, 6.45) is 0. The van der Waals surface area contributed by atoms with Crippen LogP contribution < -0.4 is 0 Å². The molecule has 0 aliphatic rings. The van der Waals surface area contributed by atoms with Crippen molar-refractivity contribution < 1.29 is 0 Å². The summed E-state index contributed by atoms with van der Waals surface area (Å²) >= 11 is 12.1. The minimum absolute atomic E-state index is 0.756. The molecule has 1 nitrogen and oxygen atoms in total. The van der Waals surface area contributed by atoms with Crippen LogP contribution in [0, 0.1) is 0 Å². The van der Waals surface area contributed by atoms with Gasteiger partial charge in [-0.2, -0.15) is 0 Å². The Morgan fingerprint density at radius 3 is 1.75 bits per heavy atom. The topological polar surface area (TPSA) is 3.24 Å². The van der Waals surface area contributed by atoms with Crippen LogP contribution in [-0.2, 0) is 13.1 Å². The highest BCUT2D eigenvalue weighted by Gasteiger charge is 2.07. The Labute approximate surface area is 130 Å². The van der Waals surface area contributed by atoms with Gasteiger partial charge in [0.25, 0.3) is 0 Å². The molecule has 0 saturated heterocycles. The first-order valence-corrected chi connectivity index (χ1v) is 7.19. The fourth-order valence-electron chi connectivity index (χ4n) is 2.04. The summed E-state index contributed by atoms with van der Waals surface area (Å²) in [4.78, 5) is 2.21. The van der Waals surface area contributed by atoms with Gasteiger partial charge in [0.05, 0.1) is 0 Å². The molecule has 0 spiro atoms. The van der Waals surface area contributed by atoms with Crippen molar-refractivity contribution >= 4 is 23.2 Å². The van der Waals surface area contributed by atoms with E-state index in [1.807, 2.05) is 43.3 Å². The maximum absolute atomic E-state index is 6.03. The molecule has 0 aromatic heterocycles. The summed E-state index contributed by atoms with van der Waals surface area (Å²) < 4.78 is 0. The number of allylic oxidation sites excluding steroid dienone is 1. The fourth-order valence-corrected chi connectivity index (χ4v) is 2.46. The summed E-state index contributed by atoms with van der Waals surface area (Å²) in [5.41, 5.74) is 3.36. The van der Waals surface area contributed by atoms with Gasteiger partial charge in [0.2, 0.25) is 0 Å². The lowest BCUT2D eigenvalue weighted by Gasteiger charge is -2.25. The fraction of sp³-hybridized carbons (Fsp3) is 0.176. The molecule has 0 N–H and O–H groups in total. The quantitative estimate of drug-likeness (QED) is 0.702. The summed E-state index contributed by atoms with van der Waals surface area (Å²) in [7, 11) is 0. The van der Waals surface area contributed by atoms with Crippen molar-refractivity contribution in [3.63, 3.8) is 0 Å². The maximum Gasteiger partial charge on any atom is 0.0430 e. The van der Waals surface area contributed by atoms with Gasteiger partial charge in [0.15, 0.2) is 0 Å². The Balaban J connectivity index is 2.13. The van der Waals surface area contributed by atoms with Crippen LogP contribution in [0.4, 0.5) is 0 Å². The Morgan fingerprint density at radius 1 is 0.950 bits per heavy atom. The van der Waals surface area contributed by atoms with Crippen molar-refractivity contribution in [1.29, 1.82) is 0 Å². The summed E-state index contributed by atoms with van der Waals surface area (Å²) in [6.45, 7) is 7.62. The Kier molecular flexibility index (Phi) is 5.11. The van der Waals surface area contributed by atoms with Crippen molar-refractivity contribution in [2.45, 2.75) is 20.0 Å². The third-order valence-corrected chi connectivity index (χ3v) is 3.53. The van der Waals surface area contributed by atoms with Crippen molar-refractivity contribution in [3.05, 3.63) is 82.0 Å². The lowest BCUT2D eigenvalue weighted by molar-refractivity contribution is 0.331. The summed E-state index contributed by atoms with van der Waals surface area (Å²) in [5.74, 6) is 0. The van der Waals surface area contributed by atoms with Crippen LogP contribution in [-0.4, -0.2) is 4.90 Å². The van der Waals surface area contributed by atoms with E-state index in [4.69, 9.17) is 23.2 Å². The van der Waals surface area contributed by atoms with Gasteiger partial charge in [-0.3, -0.25) is 0 Å². The maximum atomic E-state index is 6.03. The number of benzene rings is 2. The van der Waals surface area contributed by atoms with E-state index in [-0.39, 0.29) is 0 Å². The standard InChI is InChI=1S/C17H17Cl2N/c1-13(2)20(11-14-5-3-7-16(18)9-14)12-15-6-4-8-17(19)10-15/h3-10H,1,11-12H2,2H3. The molecular formula is C17H17Cl2N. The van der Waals surface area contributed by atoms with E-state index in [2.05, 4.69) is 23.6 Å². The van der Waals surface area contributed by atoms with E-state index < -0.39 is 0 Å². The van der Waals surface area contributed by atoms with Crippen molar-refractivity contribution in [2.24, 2.45) is 0 Å². The first kappa shape index (κ1) is 15.0. The highest BCUT2D eigenvalue weighted by molar-refractivity contribution is 6.30. The molecule has 0 fully saturated rings. The molecule has 0 aliphatic heterocycles. The molecule has 0 amide bonds. The molecule has 3 heteroatoms. The number of hydrogen-bond donors (Lipinski definition) is 0. The molecule has 0 atom stereocenters. The second kappa shape index (κ2) is 6.83. The molecule has 0 heterocycles. The molecule has 2 rings (SSSR count). The molecule has 0 aliphatic carbocycles. The van der Waals surface area contributed by atoms with Crippen LogP contribution in [0.25, 0.3) is 0 Å². The predicted molar refractivity (Wildman–Crippen MR) is 87.0 cm³/mol. The molecule has 104 valence electrons. The lowest BCUT2D eigenvalue weighted by Crippen LogP contribution is -2.20. The Morgan fingerprint density at radius 2 is 1.40 bits per heavy atom. The number of rotatable bonds is 5. The zero-order valence-corrected chi connectivity index (χ0v) is 13.0. The monoisotopic (exact) mass is 305 g/mol. The van der Waals surface area contributed by atoms with Gasteiger partial charge in [-0.05, 0) is 42.3 Å². The average Bonchev–Trinajstić information content (AvgIpc) is 2.38. The van der Waals surface area contributed by atoms with Gasteiger partial charge in [0, 0.05) is 28.8 Å². The number of nitrogens with zero attached hydrogens (tertiary/aromatic N) is 1. The normalized spacial score (nSPS) is 10.3. The van der Waals surface area contributed by atoms with Gasteiger partial charge in [0.1, 0.15) is 0 Å². The predicted octanol–water partition coefficient (Wildman–Crippen LogP) is 5.53. The third kappa shape index (κ3) is 4.29. The molecule has 2 aromatic carbocycles. The van der Waals surface area contributed by atoms with Crippen LogP contribution in [0.2, 0.25) is 10.0 Å². The molecule has 20 heavy (non-hydrogen) atoms. The first-order valence-electron chi connectivity index (χ1n) is 6.44. The van der Waals surface area contributed by atoms with Crippen LogP contribution in [0.3, 0.4) is 0 Å². The molecular weight excluding hydrogens is 289 g/mol. The number of hydrogen-bond acceptors (Lipinski definition) is 1. The lowest BCUT2D eigenvalue weighted by atomic mass is 10.1. The Hall–Kier alpha value is -1.44. The van der Waals surface area contributed by atoms with Crippen LogP contribution in [0.1, 0.15) is 18.1 Å². The SMILES string of the molecule is C=C(C)N(Cc1cccc(Cl)c1)Cc1cccc(Cl)c1. The number of halogens is 2. The van der Waals surface area contributed by atoms with Gasteiger partial charge in [-0.1, -0.05) is 54.0 Å². The van der Waals surface area contributed by atoms with Gasteiger partial charge in [-0.25, -0.2) is 0 Å². The Bertz CT molecular complexity index is 560. The van der Waals surface area contributed by atoms with Crippen molar-refractivity contribution in [3.8, 4) is 0 Å².